The maximum atomic E-state index is 12.8. The molecule has 0 heterocycles. The van der Waals surface area contributed by atoms with Crippen molar-refractivity contribution in [1.82, 2.24) is 0 Å². The van der Waals surface area contributed by atoms with Crippen molar-refractivity contribution in [2.45, 2.75) is 26.9 Å². The molecule has 5 heteroatoms. The summed E-state index contributed by atoms with van der Waals surface area (Å²) >= 11 is 0. The third-order valence-corrected chi connectivity index (χ3v) is 4.73. The van der Waals surface area contributed by atoms with Crippen LogP contribution in [0.3, 0.4) is 0 Å². The number of hydrogen-bond acceptors (Lipinski definition) is 4. The van der Waals surface area contributed by atoms with E-state index < -0.39 is 18.0 Å². The van der Waals surface area contributed by atoms with Gasteiger partial charge in [0.2, 0.25) is 0 Å². The van der Waals surface area contributed by atoms with Gasteiger partial charge >= 0.3 is 5.97 Å². The zero-order valence-corrected chi connectivity index (χ0v) is 17.1. The van der Waals surface area contributed by atoms with Crippen molar-refractivity contribution in [3.05, 3.63) is 101 Å². The molecule has 1 amide bonds. The Bertz CT molecular complexity index is 1090. The van der Waals surface area contributed by atoms with E-state index in [-0.39, 0.29) is 16.9 Å². The van der Waals surface area contributed by atoms with Crippen molar-refractivity contribution in [3.8, 4) is 0 Å². The lowest BCUT2D eigenvalue weighted by molar-refractivity contribution is -0.123. The Morgan fingerprint density at radius 3 is 2.17 bits per heavy atom. The summed E-state index contributed by atoms with van der Waals surface area (Å²) in [4.78, 5) is 38.1. The fourth-order valence-electron chi connectivity index (χ4n) is 2.99. The maximum Gasteiger partial charge on any atom is 0.339 e. The van der Waals surface area contributed by atoms with Gasteiger partial charge in [0.05, 0.1) is 5.56 Å². The normalized spacial score (nSPS) is 11.4. The number of carbonyl (C=O) groups excluding carboxylic acids is 3. The van der Waals surface area contributed by atoms with Gasteiger partial charge in [-0.25, -0.2) is 4.79 Å². The lowest BCUT2D eigenvalue weighted by Crippen LogP contribution is -2.30. The van der Waals surface area contributed by atoms with Crippen molar-refractivity contribution >= 4 is 23.3 Å². The van der Waals surface area contributed by atoms with Crippen molar-refractivity contribution in [3.63, 3.8) is 0 Å². The van der Waals surface area contributed by atoms with Crippen LogP contribution >= 0.6 is 0 Å². The lowest BCUT2D eigenvalue weighted by atomic mass is 9.98. The first-order chi connectivity index (χ1) is 14.4. The number of rotatable bonds is 6. The summed E-state index contributed by atoms with van der Waals surface area (Å²) < 4.78 is 5.36. The average molecular weight is 401 g/mol. The highest BCUT2D eigenvalue weighted by Gasteiger charge is 2.23. The summed E-state index contributed by atoms with van der Waals surface area (Å²) in [5.74, 6) is -1.45. The number of benzene rings is 3. The first-order valence-corrected chi connectivity index (χ1v) is 9.64. The van der Waals surface area contributed by atoms with E-state index in [1.54, 1.807) is 42.5 Å². The second-order valence-electron chi connectivity index (χ2n) is 7.10. The van der Waals surface area contributed by atoms with E-state index in [0.29, 0.717) is 11.3 Å². The van der Waals surface area contributed by atoms with Gasteiger partial charge in [-0.3, -0.25) is 9.59 Å². The van der Waals surface area contributed by atoms with Gasteiger partial charge in [-0.2, -0.15) is 0 Å². The number of esters is 1. The highest BCUT2D eigenvalue weighted by Crippen LogP contribution is 2.19. The number of aryl methyl sites for hydroxylation is 2. The highest BCUT2D eigenvalue weighted by molar-refractivity contribution is 6.14. The second-order valence-corrected chi connectivity index (χ2v) is 7.10. The van der Waals surface area contributed by atoms with Crippen LogP contribution in [-0.2, 0) is 9.53 Å². The third kappa shape index (κ3) is 4.81. The van der Waals surface area contributed by atoms with Gasteiger partial charge in [0.25, 0.3) is 5.91 Å². The predicted molar refractivity (Wildman–Crippen MR) is 116 cm³/mol. The number of hydrogen-bond donors (Lipinski definition) is 1. The molecule has 30 heavy (non-hydrogen) atoms. The zero-order valence-electron chi connectivity index (χ0n) is 17.1. The number of ether oxygens (including phenoxy) is 1. The summed E-state index contributed by atoms with van der Waals surface area (Å²) in [7, 11) is 0. The van der Waals surface area contributed by atoms with Crippen molar-refractivity contribution in [2.24, 2.45) is 0 Å². The first kappa shape index (κ1) is 21.0. The summed E-state index contributed by atoms with van der Waals surface area (Å²) in [6, 6.07) is 20.9. The van der Waals surface area contributed by atoms with Crippen LogP contribution in [0, 0.1) is 13.8 Å². The van der Waals surface area contributed by atoms with Crippen LogP contribution < -0.4 is 5.32 Å². The van der Waals surface area contributed by atoms with Crippen LogP contribution in [-0.4, -0.2) is 23.8 Å². The molecule has 3 rings (SSSR count). The SMILES string of the molecule is Cc1ccc(C)c(NC(=O)C(C)OC(=O)c2ccccc2C(=O)c2ccccc2)c1. The fraction of sp³-hybridized carbons (Fsp3) is 0.160. The molecular weight excluding hydrogens is 378 g/mol. The molecule has 5 nitrogen and oxygen atoms in total. The van der Waals surface area contributed by atoms with Crippen molar-refractivity contribution in [2.75, 3.05) is 5.32 Å². The molecule has 152 valence electrons. The van der Waals surface area contributed by atoms with E-state index in [2.05, 4.69) is 5.32 Å². The Balaban J connectivity index is 1.75. The minimum Gasteiger partial charge on any atom is -0.449 e. The van der Waals surface area contributed by atoms with Crippen LogP contribution in [0.15, 0.2) is 72.8 Å². The molecule has 0 aliphatic carbocycles. The minimum atomic E-state index is -1.03. The summed E-state index contributed by atoms with van der Waals surface area (Å²) in [5, 5.41) is 2.79. The van der Waals surface area contributed by atoms with Crippen LogP contribution in [0.2, 0.25) is 0 Å². The Labute approximate surface area is 175 Å². The predicted octanol–water partition coefficient (Wildman–Crippen LogP) is 4.72. The number of carbonyl (C=O) groups is 3. The molecule has 3 aromatic rings. The minimum absolute atomic E-state index is 0.123. The summed E-state index contributed by atoms with van der Waals surface area (Å²) in [5.41, 5.74) is 3.41. The van der Waals surface area contributed by atoms with E-state index in [0.717, 1.165) is 11.1 Å². The van der Waals surface area contributed by atoms with E-state index >= 15 is 0 Å². The molecule has 0 aliphatic heterocycles. The van der Waals surface area contributed by atoms with Gasteiger partial charge in [0.1, 0.15) is 0 Å². The Morgan fingerprint density at radius 2 is 1.47 bits per heavy atom. The average Bonchev–Trinajstić information content (AvgIpc) is 2.76. The molecule has 0 saturated heterocycles. The van der Waals surface area contributed by atoms with Crippen LogP contribution in [0.25, 0.3) is 0 Å². The van der Waals surface area contributed by atoms with Crippen LogP contribution in [0.1, 0.15) is 44.3 Å². The van der Waals surface area contributed by atoms with Gasteiger partial charge in [-0.1, -0.05) is 60.7 Å². The largest absolute Gasteiger partial charge is 0.449 e. The zero-order chi connectivity index (χ0) is 21.7. The number of nitrogens with one attached hydrogen (secondary N) is 1. The monoisotopic (exact) mass is 401 g/mol. The van der Waals surface area contributed by atoms with Crippen LogP contribution in [0.5, 0.6) is 0 Å². The molecule has 0 spiro atoms. The molecule has 0 radical (unpaired) electrons. The number of anilines is 1. The maximum absolute atomic E-state index is 12.8. The molecule has 0 bridgehead atoms. The molecule has 0 saturated carbocycles. The van der Waals surface area contributed by atoms with Gasteiger partial charge in [0.15, 0.2) is 11.9 Å². The molecular formula is C25H23NO4. The molecule has 0 aromatic heterocycles. The highest BCUT2D eigenvalue weighted by atomic mass is 16.5. The van der Waals surface area contributed by atoms with E-state index in [9.17, 15) is 14.4 Å². The lowest BCUT2D eigenvalue weighted by Gasteiger charge is -2.16. The van der Waals surface area contributed by atoms with E-state index in [1.807, 2.05) is 38.1 Å². The van der Waals surface area contributed by atoms with Gasteiger partial charge < -0.3 is 10.1 Å². The third-order valence-electron chi connectivity index (χ3n) is 4.73. The molecule has 1 atom stereocenters. The van der Waals surface area contributed by atoms with Gasteiger partial charge in [-0.15, -0.1) is 0 Å². The molecule has 3 aromatic carbocycles. The topological polar surface area (TPSA) is 72.5 Å². The van der Waals surface area contributed by atoms with Gasteiger partial charge in [0, 0.05) is 16.8 Å². The molecule has 0 aliphatic rings. The quantitative estimate of drug-likeness (QED) is 0.479. The van der Waals surface area contributed by atoms with Gasteiger partial charge in [-0.05, 0) is 44.0 Å². The summed E-state index contributed by atoms with van der Waals surface area (Å²) in [6.45, 7) is 5.32. The molecule has 1 N–H and O–H groups in total. The van der Waals surface area contributed by atoms with E-state index in [4.69, 9.17) is 4.74 Å². The van der Waals surface area contributed by atoms with Crippen molar-refractivity contribution in [1.29, 1.82) is 0 Å². The fourth-order valence-corrected chi connectivity index (χ4v) is 2.99. The smallest absolute Gasteiger partial charge is 0.339 e. The summed E-state index contributed by atoms with van der Waals surface area (Å²) in [6.07, 6.45) is -1.03. The second kappa shape index (κ2) is 9.18. The standard InChI is InChI=1S/C25H23NO4/c1-16-13-14-17(2)22(15-16)26-24(28)18(3)30-25(29)21-12-8-7-11-20(21)23(27)19-9-5-4-6-10-19/h4-15,18H,1-3H3,(H,26,28). The van der Waals surface area contributed by atoms with Crippen molar-refractivity contribution < 1.29 is 19.1 Å². The Morgan fingerprint density at radius 1 is 0.833 bits per heavy atom. The Kier molecular flexibility index (Phi) is 6.42. The molecule has 1 unspecified atom stereocenters. The Hall–Kier alpha value is -3.73. The van der Waals surface area contributed by atoms with E-state index in [1.165, 1.54) is 13.0 Å². The number of amides is 1. The number of ketones is 1. The molecule has 0 fully saturated rings. The van der Waals surface area contributed by atoms with Crippen LogP contribution in [0.4, 0.5) is 5.69 Å². The first-order valence-electron chi connectivity index (χ1n) is 9.64.